The Morgan fingerprint density at radius 3 is 2.39 bits per heavy atom. The second-order valence-electron chi connectivity index (χ2n) is 7.69. The number of nitrogens with one attached hydrogen (secondary N) is 1. The third-order valence-corrected chi connectivity index (χ3v) is 5.10. The smallest absolute Gasteiger partial charge is 0.326 e. The van der Waals surface area contributed by atoms with Crippen LogP contribution >= 0.6 is 0 Å². The first kappa shape index (κ1) is 25.6. The third kappa shape index (κ3) is 8.10. The highest BCUT2D eigenvalue weighted by atomic mass is 16.5. The summed E-state index contributed by atoms with van der Waals surface area (Å²) in [7, 11) is 0. The topological polar surface area (TPSA) is 263 Å². The fourth-order valence-corrected chi connectivity index (χ4v) is 3.45. The lowest BCUT2D eigenvalue weighted by atomic mass is 10.1. The van der Waals surface area contributed by atoms with Crippen LogP contribution in [0.3, 0.4) is 0 Å². The molecule has 1 saturated heterocycles. The SMILES string of the molecule is NC(N)=NCCC[C@H](NC(=O)N1CCCC1C(=O)O)c1nc([C@@H](N)CCCN=C(N)N)no1. The Labute approximate surface area is 190 Å². The largest absolute Gasteiger partial charge is 0.480 e. The molecular formula is C18H33N11O4. The van der Waals surface area contributed by atoms with Crippen LogP contribution in [0.1, 0.15) is 62.3 Å². The molecule has 3 atom stereocenters. The van der Waals surface area contributed by atoms with Crippen LogP contribution in [-0.2, 0) is 4.79 Å². The summed E-state index contributed by atoms with van der Waals surface area (Å²) in [5.74, 6) is -0.633. The molecule has 0 radical (unpaired) electrons. The van der Waals surface area contributed by atoms with E-state index >= 15 is 0 Å². The molecule has 0 aromatic carbocycles. The molecule has 1 fully saturated rings. The number of likely N-dealkylation sites (tertiary alicyclic amines) is 1. The van der Waals surface area contributed by atoms with Crippen LogP contribution in [0.25, 0.3) is 0 Å². The quantitative estimate of drug-likeness (QED) is 0.105. The van der Waals surface area contributed by atoms with E-state index in [9.17, 15) is 14.7 Å². The molecule has 2 rings (SSSR count). The van der Waals surface area contributed by atoms with Crippen LogP contribution in [-0.4, -0.2) is 69.7 Å². The number of aliphatic carboxylic acids is 1. The van der Waals surface area contributed by atoms with Crippen molar-refractivity contribution in [1.29, 1.82) is 0 Å². The van der Waals surface area contributed by atoms with Crippen LogP contribution in [0, 0.1) is 0 Å². The van der Waals surface area contributed by atoms with Crippen molar-refractivity contribution < 1.29 is 19.2 Å². The van der Waals surface area contributed by atoms with Gasteiger partial charge in [-0.25, -0.2) is 9.59 Å². The van der Waals surface area contributed by atoms with Gasteiger partial charge in [0.2, 0.25) is 5.89 Å². The zero-order valence-corrected chi connectivity index (χ0v) is 18.4. The van der Waals surface area contributed by atoms with Crippen LogP contribution in [0.2, 0.25) is 0 Å². The average molecular weight is 468 g/mol. The van der Waals surface area contributed by atoms with Gasteiger partial charge in [0.1, 0.15) is 12.1 Å². The second-order valence-corrected chi connectivity index (χ2v) is 7.69. The van der Waals surface area contributed by atoms with Crippen molar-refractivity contribution in [3.63, 3.8) is 0 Å². The molecule has 0 aliphatic carbocycles. The number of aliphatic imine (C=N–C) groups is 2. The van der Waals surface area contributed by atoms with E-state index in [1.165, 1.54) is 4.90 Å². The lowest BCUT2D eigenvalue weighted by Crippen LogP contribution is -2.47. The molecule has 1 aliphatic rings. The predicted octanol–water partition coefficient (Wildman–Crippen LogP) is -1.52. The van der Waals surface area contributed by atoms with Gasteiger partial charge in [-0.1, -0.05) is 5.16 Å². The van der Waals surface area contributed by atoms with E-state index in [1.54, 1.807) is 0 Å². The monoisotopic (exact) mass is 467 g/mol. The van der Waals surface area contributed by atoms with Crippen molar-refractivity contribution in [3.05, 3.63) is 11.7 Å². The fraction of sp³-hybridized carbons (Fsp3) is 0.667. The molecule has 184 valence electrons. The Bertz CT molecular complexity index is 848. The molecule has 2 amide bonds. The van der Waals surface area contributed by atoms with E-state index in [0.29, 0.717) is 58.2 Å². The molecule has 2 heterocycles. The summed E-state index contributed by atoms with van der Waals surface area (Å²) >= 11 is 0. The summed E-state index contributed by atoms with van der Waals surface area (Å²) in [5, 5.41) is 16.1. The van der Waals surface area contributed by atoms with Gasteiger partial charge in [0.25, 0.3) is 0 Å². The predicted molar refractivity (Wildman–Crippen MR) is 120 cm³/mol. The molecule has 1 aliphatic heterocycles. The summed E-state index contributed by atoms with van der Waals surface area (Å²) in [6.45, 7) is 1.10. The van der Waals surface area contributed by atoms with Crippen molar-refractivity contribution in [3.8, 4) is 0 Å². The highest BCUT2D eigenvalue weighted by Gasteiger charge is 2.35. The molecule has 1 unspecified atom stereocenters. The molecule has 33 heavy (non-hydrogen) atoms. The van der Waals surface area contributed by atoms with E-state index in [0.717, 1.165) is 0 Å². The standard InChI is InChI=1S/C18H33N11O4/c19-10(4-1-7-24-16(20)21)13-27-14(33-28-13)11(5-2-8-25-17(22)23)26-18(32)29-9-3-6-12(29)15(30)31/h10-12H,1-9,19H2,(H,26,32)(H,30,31)(H4,20,21,24)(H4,22,23,25)/t10-,11-,12?/m0/s1. The third-order valence-electron chi connectivity index (χ3n) is 5.10. The van der Waals surface area contributed by atoms with Crippen LogP contribution in [0.15, 0.2) is 14.5 Å². The number of urea groups is 1. The van der Waals surface area contributed by atoms with Gasteiger partial charge in [0, 0.05) is 19.6 Å². The number of carboxylic acids is 1. The summed E-state index contributed by atoms with van der Waals surface area (Å²) in [6.07, 6.45) is 3.04. The number of carboxylic acid groups (broad SMARTS) is 1. The molecule has 1 aromatic heterocycles. The number of amides is 2. The van der Waals surface area contributed by atoms with Gasteiger partial charge in [-0.15, -0.1) is 0 Å². The van der Waals surface area contributed by atoms with Gasteiger partial charge < -0.3 is 48.5 Å². The number of carbonyl (C=O) groups is 2. The zero-order valence-electron chi connectivity index (χ0n) is 18.4. The van der Waals surface area contributed by atoms with Gasteiger partial charge in [-0.05, 0) is 38.5 Å². The number of hydrogen-bond acceptors (Lipinski definition) is 8. The molecule has 1 aromatic rings. The number of rotatable bonds is 12. The maximum atomic E-state index is 12.8. The van der Waals surface area contributed by atoms with Crippen molar-refractivity contribution in [1.82, 2.24) is 20.4 Å². The lowest BCUT2D eigenvalue weighted by molar-refractivity contribution is -0.141. The summed E-state index contributed by atoms with van der Waals surface area (Å²) < 4.78 is 5.37. The first-order chi connectivity index (χ1) is 15.7. The van der Waals surface area contributed by atoms with Crippen molar-refractivity contribution in [2.24, 2.45) is 38.7 Å². The Morgan fingerprint density at radius 2 is 1.79 bits per heavy atom. The van der Waals surface area contributed by atoms with Gasteiger partial charge in [0.05, 0.1) is 6.04 Å². The molecule has 0 saturated carbocycles. The van der Waals surface area contributed by atoms with Crippen molar-refractivity contribution in [2.75, 3.05) is 19.6 Å². The van der Waals surface area contributed by atoms with Gasteiger partial charge in [0.15, 0.2) is 17.7 Å². The summed E-state index contributed by atoms with van der Waals surface area (Å²) in [4.78, 5) is 37.7. The van der Waals surface area contributed by atoms with Crippen LogP contribution in [0.4, 0.5) is 4.79 Å². The minimum Gasteiger partial charge on any atom is -0.480 e. The average Bonchev–Trinajstić information content (AvgIpc) is 3.43. The molecule has 15 heteroatoms. The zero-order chi connectivity index (χ0) is 24.4. The Balaban J connectivity index is 2.06. The van der Waals surface area contributed by atoms with Crippen LogP contribution < -0.4 is 34.0 Å². The number of hydrogen-bond donors (Lipinski definition) is 7. The molecule has 0 bridgehead atoms. The van der Waals surface area contributed by atoms with E-state index in [1.807, 2.05) is 0 Å². The minimum atomic E-state index is -1.04. The maximum Gasteiger partial charge on any atom is 0.326 e. The Morgan fingerprint density at radius 1 is 1.15 bits per heavy atom. The Kier molecular flexibility index (Phi) is 9.65. The van der Waals surface area contributed by atoms with Gasteiger partial charge in [-0.3, -0.25) is 9.98 Å². The van der Waals surface area contributed by atoms with E-state index < -0.39 is 30.1 Å². The van der Waals surface area contributed by atoms with Crippen LogP contribution in [0.5, 0.6) is 0 Å². The number of nitrogens with two attached hydrogens (primary N) is 5. The number of guanidine groups is 2. The summed E-state index contributed by atoms with van der Waals surface area (Å²) in [5.41, 5.74) is 27.4. The molecule has 12 N–H and O–H groups in total. The number of nitrogens with zero attached hydrogens (tertiary/aromatic N) is 5. The van der Waals surface area contributed by atoms with Gasteiger partial charge >= 0.3 is 12.0 Å². The van der Waals surface area contributed by atoms with E-state index in [-0.39, 0.29) is 23.6 Å². The maximum absolute atomic E-state index is 12.8. The highest BCUT2D eigenvalue weighted by molar-refractivity contribution is 5.83. The molecule has 0 spiro atoms. The van der Waals surface area contributed by atoms with E-state index in [2.05, 4.69) is 25.4 Å². The number of aromatic nitrogens is 2. The highest BCUT2D eigenvalue weighted by Crippen LogP contribution is 2.23. The van der Waals surface area contributed by atoms with Crippen molar-refractivity contribution >= 4 is 23.9 Å². The minimum absolute atomic E-state index is 0.00729. The summed E-state index contributed by atoms with van der Waals surface area (Å²) in [6, 6.07) is -2.57. The molecular weight excluding hydrogens is 434 g/mol. The first-order valence-corrected chi connectivity index (χ1v) is 10.7. The van der Waals surface area contributed by atoms with Gasteiger partial charge in [-0.2, -0.15) is 4.98 Å². The normalized spacial score (nSPS) is 17.2. The first-order valence-electron chi connectivity index (χ1n) is 10.7. The lowest BCUT2D eigenvalue weighted by Gasteiger charge is -2.24. The second kappa shape index (κ2) is 12.4. The molecule has 15 nitrogen and oxygen atoms in total. The fourth-order valence-electron chi connectivity index (χ4n) is 3.45. The van der Waals surface area contributed by atoms with E-state index in [4.69, 9.17) is 33.2 Å². The van der Waals surface area contributed by atoms with Crippen molar-refractivity contribution in [2.45, 2.75) is 56.7 Å². The Hall–Kier alpha value is -3.62. The number of carbonyl (C=O) groups excluding carboxylic acids is 1.